The van der Waals surface area contributed by atoms with Crippen LogP contribution in [0, 0.1) is 0 Å². The first-order valence-corrected chi connectivity index (χ1v) is 3.82. The fraction of sp³-hybridized carbons (Fsp3) is 0.375. The number of anilines is 1. The van der Waals surface area contributed by atoms with Crippen molar-refractivity contribution in [3.63, 3.8) is 0 Å². The van der Waals surface area contributed by atoms with Gasteiger partial charge in [0.15, 0.2) is 0 Å². The molecule has 2 rings (SSSR count). The minimum absolute atomic E-state index is 0.571. The lowest BCUT2D eigenvalue weighted by atomic mass is 10.2. The smallest absolute Gasteiger partial charge is 0.0652 e. The molecular weight excluding hydrogens is 138 g/mol. The summed E-state index contributed by atoms with van der Waals surface area (Å²) in [5.74, 6) is 0. The first-order valence-electron chi connectivity index (χ1n) is 3.82. The monoisotopic (exact) mass is 149 g/mol. The molecule has 0 amide bonds. The summed E-state index contributed by atoms with van der Waals surface area (Å²) in [6.45, 7) is 1.58. The summed E-state index contributed by atoms with van der Waals surface area (Å²) in [7, 11) is 0. The summed E-state index contributed by atoms with van der Waals surface area (Å²) < 4.78 is 0. The topological polar surface area (TPSA) is 50.9 Å². The van der Waals surface area contributed by atoms with Gasteiger partial charge < -0.3 is 11.1 Å². The molecule has 58 valence electrons. The Morgan fingerprint density at radius 3 is 3.36 bits per heavy atom. The third-order valence-corrected chi connectivity index (χ3v) is 1.94. The second kappa shape index (κ2) is 2.51. The number of hydrogen-bond acceptors (Lipinski definition) is 3. The lowest BCUT2D eigenvalue weighted by Gasteiger charge is -2.00. The van der Waals surface area contributed by atoms with Crippen LogP contribution in [-0.4, -0.2) is 11.5 Å². The van der Waals surface area contributed by atoms with Gasteiger partial charge in [-0.15, -0.1) is 0 Å². The largest absolute Gasteiger partial charge is 0.383 e. The molecule has 0 aromatic carbocycles. The zero-order chi connectivity index (χ0) is 7.68. The van der Waals surface area contributed by atoms with Gasteiger partial charge in [-0.3, -0.25) is 4.98 Å². The Balaban J connectivity index is 2.41. The third kappa shape index (κ3) is 1.07. The van der Waals surface area contributed by atoms with Gasteiger partial charge in [-0.05, 0) is 11.6 Å². The number of fused-ring (bicyclic) bond motifs is 1. The second-order valence-corrected chi connectivity index (χ2v) is 2.72. The zero-order valence-electron chi connectivity index (χ0n) is 6.30. The Hall–Kier alpha value is -1.09. The highest BCUT2D eigenvalue weighted by atomic mass is 14.9. The quantitative estimate of drug-likeness (QED) is 0.611. The van der Waals surface area contributed by atoms with Crippen LogP contribution in [0.15, 0.2) is 12.3 Å². The van der Waals surface area contributed by atoms with Crippen LogP contribution in [0.5, 0.6) is 0 Å². The van der Waals surface area contributed by atoms with E-state index in [4.69, 9.17) is 5.73 Å². The molecule has 1 aromatic heterocycles. The van der Waals surface area contributed by atoms with Crippen molar-refractivity contribution < 1.29 is 0 Å². The van der Waals surface area contributed by atoms with E-state index < -0.39 is 0 Å². The number of nitrogens with two attached hydrogens (primary N) is 1. The van der Waals surface area contributed by atoms with Gasteiger partial charge in [0.2, 0.25) is 0 Å². The fourth-order valence-corrected chi connectivity index (χ4v) is 1.32. The SMILES string of the molecule is NCc1cnc2c(c1)NCC2. The van der Waals surface area contributed by atoms with Gasteiger partial charge in [0, 0.05) is 25.7 Å². The van der Waals surface area contributed by atoms with E-state index in [1.54, 1.807) is 0 Å². The van der Waals surface area contributed by atoms with Crippen molar-refractivity contribution in [2.45, 2.75) is 13.0 Å². The summed E-state index contributed by atoms with van der Waals surface area (Å²) in [6.07, 6.45) is 2.89. The number of hydrogen-bond donors (Lipinski definition) is 2. The Labute approximate surface area is 65.6 Å². The van der Waals surface area contributed by atoms with E-state index in [-0.39, 0.29) is 0 Å². The fourth-order valence-electron chi connectivity index (χ4n) is 1.32. The van der Waals surface area contributed by atoms with Crippen LogP contribution in [0.2, 0.25) is 0 Å². The molecule has 0 radical (unpaired) electrons. The number of rotatable bonds is 1. The molecule has 3 heteroatoms. The van der Waals surface area contributed by atoms with Gasteiger partial charge in [-0.25, -0.2) is 0 Å². The van der Waals surface area contributed by atoms with E-state index in [9.17, 15) is 0 Å². The molecule has 1 aromatic rings. The number of pyridine rings is 1. The summed E-state index contributed by atoms with van der Waals surface area (Å²) in [5.41, 5.74) is 8.90. The molecule has 3 N–H and O–H groups in total. The number of aromatic nitrogens is 1. The van der Waals surface area contributed by atoms with Crippen molar-refractivity contribution in [1.29, 1.82) is 0 Å². The molecule has 0 fully saturated rings. The van der Waals surface area contributed by atoms with E-state index in [0.29, 0.717) is 6.54 Å². The maximum atomic E-state index is 5.48. The normalized spacial score (nSPS) is 14.3. The number of nitrogens with zero attached hydrogens (tertiary/aromatic N) is 1. The van der Waals surface area contributed by atoms with Crippen LogP contribution in [0.1, 0.15) is 11.3 Å². The minimum Gasteiger partial charge on any atom is -0.383 e. The molecule has 0 saturated heterocycles. The molecular formula is C8H11N3. The molecule has 11 heavy (non-hydrogen) atoms. The van der Waals surface area contributed by atoms with Gasteiger partial charge in [0.25, 0.3) is 0 Å². The van der Waals surface area contributed by atoms with Crippen molar-refractivity contribution in [2.75, 3.05) is 11.9 Å². The Bertz CT molecular complexity index is 270. The first-order chi connectivity index (χ1) is 5.40. The molecule has 3 nitrogen and oxygen atoms in total. The molecule has 1 aliphatic rings. The third-order valence-electron chi connectivity index (χ3n) is 1.94. The van der Waals surface area contributed by atoms with Gasteiger partial charge in [-0.1, -0.05) is 0 Å². The molecule has 1 aliphatic heterocycles. The maximum Gasteiger partial charge on any atom is 0.0652 e. The van der Waals surface area contributed by atoms with E-state index in [1.165, 1.54) is 5.69 Å². The first kappa shape index (κ1) is 6.61. The van der Waals surface area contributed by atoms with Crippen molar-refractivity contribution in [3.8, 4) is 0 Å². The van der Waals surface area contributed by atoms with Gasteiger partial charge in [0.1, 0.15) is 0 Å². The van der Waals surface area contributed by atoms with Crippen LogP contribution in [0.25, 0.3) is 0 Å². The van der Waals surface area contributed by atoms with Gasteiger partial charge >= 0.3 is 0 Å². The van der Waals surface area contributed by atoms with Crippen LogP contribution < -0.4 is 11.1 Å². The minimum atomic E-state index is 0.571. The van der Waals surface area contributed by atoms with E-state index in [0.717, 1.165) is 24.2 Å². The highest BCUT2D eigenvalue weighted by molar-refractivity contribution is 5.53. The second-order valence-electron chi connectivity index (χ2n) is 2.72. The number of nitrogens with one attached hydrogen (secondary N) is 1. The summed E-state index contributed by atoms with van der Waals surface area (Å²) >= 11 is 0. The average Bonchev–Trinajstić information content (AvgIpc) is 2.50. The lowest BCUT2D eigenvalue weighted by Crippen LogP contribution is -1.98. The maximum absolute atomic E-state index is 5.48. The standard InChI is InChI=1S/C8H11N3/c9-4-6-3-8-7(11-5-6)1-2-10-8/h3,5,10H,1-2,4,9H2. The van der Waals surface area contributed by atoms with E-state index >= 15 is 0 Å². The molecule has 0 aliphatic carbocycles. The Morgan fingerprint density at radius 1 is 1.64 bits per heavy atom. The summed E-state index contributed by atoms with van der Waals surface area (Å²) in [6, 6.07) is 2.08. The van der Waals surface area contributed by atoms with Gasteiger partial charge in [0.05, 0.1) is 11.4 Å². The lowest BCUT2D eigenvalue weighted by molar-refractivity contribution is 1.01. The van der Waals surface area contributed by atoms with Crippen molar-refractivity contribution in [1.82, 2.24) is 4.98 Å². The highest BCUT2D eigenvalue weighted by Crippen LogP contribution is 2.19. The molecule has 0 atom stereocenters. The molecule has 0 bridgehead atoms. The predicted molar refractivity (Wildman–Crippen MR) is 44.3 cm³/mol. The van der Waals surface area contributed by atoms with Crippen molar-refractivity contribution in [2.24, 2.45) is 5.73 Å². The van der Waals surface area contributed by atoms with E-state index in [2.05, 4.69) is 16.4 Å². The molecule has 0 unspecified atom stereocenters. The summed E-state index contributed by atoms with van der Waals surface area (Å²) in [4.78, 5) is 4.29. The van der Waals surface area contributed by atoms with Crippen molar-refractivity contribution >= 4 is 5.69 Å². The highest BCUT2D eigenvalue weighted by Gasteiger charge is 2.10. The van der Waals surface area contributed by atoms with Crippen LogP contribution >= 0.6 is 0 Å². The average molecular weight is 149 g/mol. The zero-order valence-corrected chi connectivity index (χ0v) is 6.30. The van der Waals surface area contributed by atoms with E-state index in [1.807, 2.05) is 6.20 Å². The predicted octanol–water partition coefficient (Wildman–Crippen LogP) is 0.508. The summed E-state index contributed by atoms with van der Waals surface area (Å²) in [5, 5.41) is 3.26. The van der Waals surface area contributed by atoms with Crippen molar-refractivity contribution in [3.05, 3.63) is 23.5 Å². The molecule has 0 spiro atoms. The molecule has 2 heterocycles. The van der Waals surface area contributed by atoms with Gasteiger partial charge in [-0.2, -0.15) is 0 Å². The van der Waals surface area contributed by atoms with Crippen LogP contribution in [0.3, 0.4) is 0 Å². The Morgan fingerprint density at radius 2 is 2.55 bits per heavy atom. The molecule has 0 saturated carbocycles. The van der Waals surface area contributed by atoms with Crippen LogP contribution in [0.4, 0.5) is 5.69 Å². The van der Waals surface area contributed by atoms with Crippen LogP contribution in [-0.2, 0) is 13.0 Å². The Kier molecular flexibility index (Phi) is 1.51.